The van der Waals surface area contributed by atoms with Crippen LogP contribution in [0.1, 0.15) is 42.4 Å². The van der Waals surface area contributed by atoms with Gasteiger partial charge >= 0.3 is 5.97 Å². The van der Waals surface area contributed by atoms with Crippen molar-refractivity contribution in [2.75, 3.05) is 19.0 Å². The molecule has 0 saturated heterocycles. The molecule has 1 N–H and O–H groups in total. The lowest BCUT2D eigenvalue weighted by molar-refractivity contribution is -0.119. The molecule has 0 radical (unpaired) electrons. The van der Waals surface area contributed by atoms with E-state index in [4.69, 9.17) is 9.47 Å². The molecule has 0 aliphatic carbocycles. The molecule has 0 spiro atoms. The van der Waals surface area contributed by atoms with Crippen molar-refractivity contribution in [3.05, 3.63) is 47.0 Å². The van der Waals surface area contributed by atoms with Crippen LogP contribution in [0, 0.1) is 23.1 Å². The Morgan fingerprint density at radius 1 is 1.34 bits per heavy atom. The number of aryl methyl sites for hydroxylation is 1. The molecule has 1 amide bonds. The fourth-order valence-corrected chi connectivity index (χ4v) is 2.97. The zero-order chi connectivity index (χ0) is 21.6. The number of aromatic nitrogens is 1. The molecule has 29 heavy (non-hydrogen) atoms. The van der Waals surface area contributed by atoms with Crippen molar-refractivity contribution in [2.45, 2.75) is 33.7 Å². The van der Waals surface area contributed by atoms with Gasteiger partial charge in [0.1, 0.15) is 6.07 Å². The number of methoxy groups -OCH3 is 1. The SMILES string of the molecule is CCOC(=O)c1c(NC(=O)C(C)Cc2ccc(OC)c(F)c2)c(C#N)cn1CC. The maximum absolute atomic E-state index is 13.9. The molecule has 0 fully saturated rings. The highest BCUT2D eigenvalue weighted by Gasteiger charge is 2.25. The summed E-state index contributed by atoms with van der Waals surface area (Å²) in [5, 5.41) is 12.1. The van der Waals surface area contributed by atoms with Crippen LogP contribution in [0.25, 0.3) is 0 Å². The van der Waals surface area contributed by atoms with Gasteiger partial charge in [0, 0.05) is 18.7 Å². The summed E-state index contributed by atoms with van der Waals surface area (Å²) >= 11 is 0. The number of halogens is 1. The second-order valence-corrected chi connectivity index (χ2v) is 6.45. The van der Waals surface area contributed by atoms with Gasteiger partial charge in [-0.05, 0) is 38.0 Å². The molecule has 154 valence electrons. The lowest BCUT2D eigenvalue weighted by atomic mass is 10.00. The number of hydrogen-bond acceptors (Lipinski definition) is 5. The summed E-state index contributed by atoms with van der Waals surface area (Å²) in [6, 6.07) is 6.50. The van der Waals surface area contributed by atoms with Crippen LogP contribution in [0.3, 0.4) is 0 Å². The molecule has 1 atom stereocenters. The standard InChI is InChI=1S/C21H24FN3O4/c1-5-25-12-15(11-23)18(19(25)21(27)29-6-2)24-20(26)13(3)9-14-7-8-17(28-4)16(22)10-14/h7-8,10,12-13H,5-6,9H2,1-4H3,(H,24,26). The van der Waals surface area contributed by atoms with Crippen molar-refractivity contribution >= 4 is 17.6 Å². The second kappa shape index (κ2) is 9.73. The number of nitrogens with zero attached hydrogens (tertiary/aromatic N) is 2. The van der Waals surface area contributed by atoms with Gasteiger partial charge in [0.25, 0.3) is 0 Å². The zero-order valence-electron chi connectivity index (χ0n) is 16.9. The summed E-state index contributed by atoms with van der Waals surface area (Å²) in [5.74, 6) is -1.92. The van der Waals surface area contributed by atoms with E-state index >= 15 is 0 Å². The molecule has 8 heteroatoms. The molecule has 0 aliphatic rings. The Morgan fingerprint density at radius 3 is 2.62 bits per heavy atom. The third-order valence-corrected chi connectivity index (χ3v) is 4.46. The number of ether oxygens (including phenoxy) is 2. The minimum Gasteiger partial charge on any atom is -0.494 e. The van der Waals surface area contributed by atoms with Gasteiger partial charge in [-0.3, -0.25) is 4.79 Å². The Hall–Kier alpha value is -3.34. The fourth-order valence-electron chi connectivity index (χ4n) is 2.97. The van der Waals surface area contributed by atoms with Crippen molar-refractivity contribution in [3.63, 3.8) is 0 Å². The van der Waals surface area contributed by atoms with Gasteiger partial charge in [0.15, 0.2) is 17.3 Å². The van der Waals surface area contributed by atoms with E-state index in [1.54, 1.807) is 24.5 Å². The van der Waals surface area contributed by atoms with E-state index < -0.39 is 23.6 Å². The van der Waals surface area contributed by atoms with E-state index in [-0.39, 0.29) is 35.7 Å². The van der Waals surface area contributed by atoms with Gasteiger partial charge < -0.3 is 19.4 Å². The van der Waals surface area contributed by atoms with Gasteiger partial charge in [-0.25, -0.2) is 9.18 Å². The Kier molecular flexibility index (Phi) is 7.37. The van der Waals surface area contributed by atoms with Crippen molar-refractivity contribution in [1.82, 2.24) is 4.57 Å². The minimum atomic E-state index is -0.615. The number of esters is 1. The number of amides is 1. The van der Waals surface area contributed by atoms with E-state index in [2.05, 4.69) is 5.32 Å². The average Bonchev–Trinajstić information content (AvgIpc) is 3.05. The number of nitriles is 1. The number of carbonyl (C=O) groups is 2. The Bertz CT molecular complexity index is 946. The smallest absolute Gasteiger partial charge is 0.357 e. The van der Waals surface area contributed by atoms with Gasteiger partial charge in [-0.2, -0.15) is 5.26 Å². The van der Waals surface area contributed by atoms with Crippen molar-refractivity contribution < 1.29 is 23.5 Å². The first-order valence-electron chi connectivity index (χ1n) is 9.29. The highest BCUT2D eigenvalue weighted by molar-refractivity contribution is 6.02. The molecule has 0 aliphatic heterocycles. The fraction of sp³-hybridized carbons (Fsp3) is 0.381. The Labute approximate surface area is 169 Å². The van der Waals surface area contributed by atoms with Crippen molar-refractivity contribution in [2.24, 2.45) is 5.92 Å². The first-order chi connectivity index (χ1) is 13.9. The lowest BCUT2D eigenvalue weighted by Gasteiger charge is -2.14. The maximum Gasteiger partial charge on any atom is 0.357 e. The molecule has 1 heterocycles. The predicted molar refractivity (Wildman–Crippen MR) is 105 cm³/mol. The maximum atomic E-state index is 13.9. The minimum absolute atomic E-state index is 0.127. The normalized spacial score (nSPS) is 11.4. The van der Waals surface area contributed by atoms with Gasteiger partial charge in [-0.1, -0.05) is 13.0 Å². The zero-order valence-corrected chi connectivity index (χ0v) is 16.9. The lowest BCUT2D eigenvalue weighted by Crippen LogP contribution is -2.24. The summed E-state index contributed by atoms with van der Waals surface area (Å²) in [7, 11) is 1.38. The quantitative estimate of drug-likeness (QED) is 0.683. The van der Waals surface area contributed by atoms with Crippen LogP contribution < -0.4 is 10.1 Å². The van der Waals surface area contributed by atoms with E-state index in [1.807, 2.05) is 13.0 Å². The molecule has 0 saturated carbocycles. The number of rotatable bonds is 8. The summed E-state index contributed by atoms with van der Waals surface area (Å²) in [5.41, 5.74) is 1.06. The Morgan fingerprint density at radius 2 is 2.07 bits per heavy atom. The number of hydrogen-bond donors (Lipinski definition) is 1. The van der Waals surface area contributed by atoms with Crippen LogP contribution in [0.2, 0.25) is 0 Å². The largest absolute Gasteiger partial charge is 0.494 e. The summed E-state index contributed by atoms with van der Waals surface area (Å²) in [6.45, 7) is 5.78. The van der Waals surface area contributed by atoms with Crippen LogP contribution in [0.5, 0.6) is 5.75 Å². The van der Waals surface area contributed by atoms with Gasteiger partial charge in [0.05, 0.1) is 25.0 Å². The van der Waals surface area contributed by atoms with Crippen LogP contribution >= 0.6 is 0 Å². The Balaban J connectivity index is 2.25. The third kappa shape index (κ3) is 4.93. The highest BCUT2D eigenvalue weighted by atomic mass is 19.1. The first-order valence-corrected chi connectivity index (χ1v) is 9.29. The van der Waals surface area contributed by atoms with Gasteiger partial charge in [0.2, 0.25) is 5.91 Å². The molecular weight excluding hydrogens is 377 g/mol. The summed E-state index contributed by atoms with van der Waals surface area (Å²) < 4.78 is 25.4. The third-order valence-electron chi connectivity index (χ3n) is 4.46. The predicted octanol–water partition coefficient (Wildman–Crippen LogP) is 3.52. The van der Waals surface area contributed by atoms with Crippen molar-refractivity contribution in [3.8, 4) is 11.8 Å². The molecular formula is C21H24FN3O4. The molecule has 1 aromatic carbocycles. The number of anilines is 1. The first kappa shape index (κ1) is 22.0. The van der Waals surface area contributed by atoms with E-state index in [0.29, 0.717) is 12.1 Å². The number of benzene rings is 1. The van der Waals surface area contributed by atoms with E-state index in [1.165, 1.54) is 25.4 Å². The van der Waals surface area contributed by atoms with Crippen LogP contribution in [-0.2, 0) is 22.5 Å². The summed E-state index contributed by atoms with van der Waals surface area (Å²) in [4.78, 5) is 25.1. The van der Waals surface area contributed by atoms with Gasteiger partial charge in [-0.15, -0.1) is 0 Å². The molecule has 2 aromatic rings. The summed E-state index contributed by atoms with van der Waals surface area (Å²) in [6.07, 6.45) is 1.78. The number of carbonyl (C=O) groups excluding carboxylic acids is 2. The van der Waals surface area contributed by atoms with Crippen LogP contribution in [0.4, 0.5) is 10.1 Å². The molecule has 0 bridgehead atoms. The second-order valence-electron chi connectivity index (χ2n) is 6.45. The van der Waals surface area contributed by atoms with Crippen molar-refractivity contribution in [1.29, 1.82) is 5.26 Å². The topological polar surface area (TPSA) is 93.3 Å². The average molecular weight is 401 g/mol. The van der Waals surface area contributed by atoms with Crippen LogP contribution in [-0.4, -0.2) is 30.2 Å². The molecule has 7 nitrogen and oxygen atoms in total. The molecule has 1 aromatic heterocycles. The van der Waals surface area contributed by atoms with Crippen LogP contribution in [0.15, 0.2) is 24.4 Å². The molecule has 2 rings (SSSR count). The monoisotopic (exact) mass is 401 g/mol. The number of nitrogens with one attached hydrogen (secondary N) is 1. The van der Waals surface area contributed by atoms with E-state index in [0.717, 1.165) is 0 Å². The highest BCUT2D eigenvalue weighted by Crippen LogP contribution is 2.26. The van der Waals surface area contributed by atoms with E-state index in [9.17, 15) is 19.2 Å². The molecule has 1 unspecified atom stereocenters.